The summed E-state index contributed by atoms with van der Waals surface area (Å²) in [7, 11) is 3.62. The predicted octanol–water partition coefficient (Wildman–Crippen LogP) is 2.34. The number of fused-ring (bicyclic) bond motifs is 1. The minimum atomic E-state index is 0.0273. The van der Waals surface area contributed by atoms with Crippen molar-refractivity contribution < 1.29 is 9.37 Å². The van der Waals surface area contributed by atoms with Crippen molar-refractivity contribution in [3.8, 4) is 0 Å². The average Bonchev–Trinajstić information content (AvgIpc) is 3.18. The van der Waals surface area contributed by atoms with Crippen LogP contribution in [-0.4, -0.2) is 52.6 Å². The van der Waals surface area contributed by atoms with Gasteiger partial charge in [-0.3, -0.25) is 0 Å². The molecule has 25 heavy (non-hydrogen) atoms. The SMILES string of the molecule is COCCNc1nc2nonc2nc1N(C)[C@H](C)c1nc(C)sc1C. The topological polar surface area (TPSA) is 102 Å². The summed E-state index contributed by atoms with van der Waals surface area (Å²) in [6.45, 7) is 7.34. The predicted molar refractivity (Wildman–Crippen MR) is 96.2 cm³/mol. The maximum atomic E-state index is 5.09. The van der Waals surface area contributed by atoms with E-state index in [-0.39, 0.29) is 6.04 Å². The van der Waals surface area contributed by atoms with Gasteiger partial charge in [0.15, 0.2) is 11.6 Å². The Morgan fingerprint density at radius 3 is 2.56 bits per heavy atom. The van der Waals surface area contributed by atoms with Crippen molar-refractivity contribution in [2.24, 2.45) is 0 Å². The molecular formula is C15H21N7O2S. The number of anilines is 2. The van der Waals surface area contributed by atoms with Crippen molar-refractivity contribution in [3.63, 3.8) is 0 Å². The molecule has 0 fully saturated rings. The van der Waals surface area contributed by atoms with Crippen LogP contribution in [0, 0.1) is 13.8 Å². The molecule has 0 aliphatic rings. The molecule has 3 rings (SSSR count). The van der Waals surface area contributed by atoms with Crippen LogP contribution in [-0.2, 0) is 4.74 Å². The van der Waals surface area contributed by atoms with Crippen LogP contribution in [0.15, 0.2) is 4.63 Å². The highest BCUT2D eigenvalue weighted by atomic mass is 32.1. The minimum absolute atomic E-state index is 0.0273. The zero-order chi connectivity index (χ0) is 18.0. The number of hydrogen-bond acceptors (Lipinski definition) is 10. The molecule has 9 nitrogen and oxygen atoms in total. The fourth-order valence-electron chi connectivity index (χ4n) is 2.56. The van der Waals surface area contributed by atoms with Gasteiger partial charge in [-0.25, -0.2) is 19.6 Å². The van der Waals surface area contributed by atoms with Crippen LogP contribution < -0.4 is 10.2 Å². The van der Waals surface area contributed by atoms with Gasteiger partial charge in [-0.15, -0.1) is 11.3 Å². The lowest BCUT2D eigenvalue weighted by atomic mass is 10.2. The van der Waals surface area contributed by atoms with Gasteiger partial charge in [0.05, 0.1) is 23.4 Å². The third-order valence-corrected chi connectivity index (χ3v) is 4.85. The van der Waals surface area contributed by atoms with Crippen molar-refractivity contribution >= 4 is 34.3 Å². The average molecular weight is 363 g/mol. The number of thiazole rings is 1. The highest BCUT2D eigenvalue weighted by Crippen LogP contribution is 2.32. The van der Waals surface area contributed by atoms with Gasteiger partial charge in [0, 0.05) is 25.6 Å². The number of nitrogens with zero attached hydrogens (tertiary/aromatic N) is 6. The summed E-state index contributed by atoms with van der Waals surface area (Å²) in [4.78, 5) is 16.9. The third-order valence-electron chi connectivity index (χ3n) is 3.94. The molecule has 0 unspecified atom stereocenters. The van der Waals surface area contributed by atoms with Crippen molar-refractivity contribution in [3.05, 3.63) is 15.6 Å². The Bertz CT molecular complexity index is 863. The zero-order valence-electron chi connectivity index (χ0n) is 14.9. The Morgan fingerprint density at radius 1 is 1.20 bits per heavy atom. The van der Waals surface area contributed by atoms with Crippen LogP contribution in [0.4, 0.5) is 11.6 Å². The van der Waals surface area contributed by atoms with Gasteiger partial charge in [-0.05, 0) is 31.1 Å². The van der Waals surface area contributed by atoms with E-state index in [4.69, 9.17) is 9.37 Å². The molecule has 0 bridgehead atoms. The standard InChI is InChI=1S/C15H21N7O2S/c1-8(11-9(2)25-10(3)17-11)22(4)15-14(16-6-7-23-5)18-12-13(19-15)21-24-20-12/h8H,6-7H2,1-5H3,(H,16,18,20)/t8-/m1/s1. The first-order valence-electron chi connectivity index (χ1n) is 7.91. The highest BCUT2D eigenvalue weighted by molar-refractivity contribution is 7.11. The molecule has 0 aromatic carbocycles. The lowest BCUT2D eigenvalue weighted by Gasteiger charge is -2.26. The highest BCUT2D eigenvalue weighted by Gasteiger charge is 2.23. The van der Waals surface area contributed by atoms with E-state index >= 15 is 0 Å². The molecule has 0 aliphatic carbocycles. The first-order chi connectivity index (χ1) is 12.0. The van der Waals surface area contributed by atoms with Crippen LogP contribution in [0.3, 0.4) is 0 Å². The lowest BCUT2D eigenvalue weighted by molar-refractivity contribution is 0.210. The number of rotatable bonds is 7. The second-order valence-corrected chi connectivity index (χ2v) is 7.10. The Balaban J connectivity index is 1.96. The second kappa shape index (κ2) is 7.28. The Hall–Kier alpha value is -2.33. The monoisotopic (exact) mass is 363 g/mol. The van der Waals surface area contributed by atoms with Gasteiger partial charge in [-0.1, -0.05) is 0 Å². The van der Waals surface area contributed by atoms with Gasteiger partial charge in [-0.2, -0.15) is 0 Å². The number of aromatic nitrogens is 5. The molecule has 0 aliphatic heterocycles. The molecule has 3 aromatic rings. The van der Waals surface area contributed by atoms with E-state index in [0.717, 1.165) is 10.7 Å². The molecule has 1 N–H and O–H groups in total. The normalized spacial score (nSPS) is 12.5. The third kappa shape index (κ3) is 3.54. The van der Waals surface area contributed by atoms with Crippen LogP contribution >= 0.6 is 11.3 Å². The number of hydrogen-bond donors (Lipinski definition) is 1. The van der Waals surface area contributed by atoms with E-state index in [1.165, 1.54) is 4.88 Å². The van der Waals surface area contributed by atoms with Crippen LogP contribution in [0.1, 0.15) is 28.5 Å². The van der Waals surface area contributed by atoms with E-state index in [1.807, 2.05) is 18.9 Å². The Morgan fingerprint density at radius 2 is 1.92 bits per heavy atom. The van der Waals surface area contributed by atoms with E-state index in [2.05, 4.69) is 44.4 Å². The maximum Gasteiger partial charge on any atom is 0.245 e. The summed E-state index contributed by atoms with van der Waals surface area (Å²) >= 11 is 1.69. The number of methoxy groups -OCH3 is 1. The summed E-state index contributed by atoms with van der Waals surface area (Å²) in [5.41, 5.74) is 1.77. The maximum absolute atomic E-state index is 5.09. The van der Waals surface area contributed by atoms with E-state index in [9.17, 15) is 0 Å². The second-order valence-electron chi connectivity index (χ2n) is 5.69. The van der Waals surface area contributed by atoms with Gasteiger partial charge >= 0.3 is 0 Å². The molecule has 3 heterocycles. The molecule has 0 saturated heterocycles. The van der Waals surface area contributed by atoms with Gasteiger partial charge in [0.1, 0.15) is 0 Å². The minimum Gasteiger partial charge on any atom is -0.383 e. The fourth-order valence-corrected chi connectivity index (χ4v) is 3.47. The molecule has 0 amide bonds. The summed E-state index contributed by atoms with van der Waals surface area (Å²) in [5.74, 6) is 1.27. The molecule has 3 aromatic heterocycles. The van der Waals surface area contributed by atoms with E-state index in [0.29, 0.717) is 36.1 Å². The van der Waals surface area contributed by atoms with Crippen molar-refractivity contribution in [1.82, 2.24) is 25.3 Å². The summed E-state index contributed by atoms with van der Waals surface area (Å²) in [6, 6.07) is 0.0273. The number of aryl methyl sites for hydroxylation is 2. The van der Waals surface area contributed by atoms with Gasteiger partial charge in [0.2, 0.25) is 11.3 Å². The van der Waals surface area contributed by atoms with Crippen LogP contribution in [0.25, 0.3) is 11.3 Å². The van der Waals surface area contributed by atoms with Gasteiger partial charge in [0.25, 0.3) is 0 Å². The van der Waals surface area contributed by atoms with Crippen molar-refractivity contribution in [2.75, 3.05) is 37.5 Å². The molecule has 1 atom stereocenters. The molecule has 0 saturated carbocycles. The zero-order valence-corrected chi connectivity index (χ0v) is 15.7. The molecular weight excluding hydrogens is 342 g/mol. The first-order valence-corrected chi connectivity index (χ1v) is 8.72. The van der Waals surface area contributed by atoms with Crippen molar-refractivity contribution in [1.29, 1.82) is 0 Å². The Kier molecular flexibility index (Phi) is 5.09. The molecule has 0 spiro atoms. The summed E-state index contributed by atoms with van der Waals surface area (Å²) < 4.78 is 9.83. The molecule has 134 valence electrons. The van der Waals surface area contributed by atoms with Crippen molar-refractivity contribution in [2.45, 2.75) is 26.8 Å². The lowest BCUT2D eigenvalue weighted by Crippen LogP contribution is -2.25. The smallest absolute Gasteiger partial charge is 0.245 e. The van der Waals surface area contributed by atoms with Gasteiger partial charge < -0.3 is 15.0 Å². The fraction of sp³-hybridized carbons (Fsp3) is 0.533. The Labute approximate surface area is 149 Å². The number of ether oxygens (including phenoxy) is 1. The number of nitrogens with one attached hydrogen (secondary N) is 1. The molecule has 0 radical (unpaired) electrons. The summed E-state index contributed by atoms with van der Waals surface area (Å²) in [5, 5.41) is 11.9. The first kappa shape index (κ1) is 17.5. The van der Waals surface area contributed by atoms with Crippen LogP contribution in [0.2, 0.25) is 0 Å². The van der Waals surface area contributed by atoms with E-state index < -0.39 is 0 Å². The summed E-state index contributed by atoms with van der Waals surface area (Å²) in [6.07, 6.45) is 0. The van der Waals surface area contributed by atoms with E-state index in [1.54, 1.807) is 18.4 Å². The largest absolute Gasteiger partial charge is 0.383 e. The quantitative estimate of drug-likeness (QED) is 0.634. The molecule has 10 heteroatoms. The van der Waals surface area contributed by atoms with Crippen LogP contribution in [0.5, 0.6) is 0 Å².